The van der Waals surface area contributed by atoms with Crippen LogP contribution in [0, 0.1) is 19.7 Å². The second kappa shape index (κ2) is 8.63. The third kappa shape index (κ3) is 4.09. The summed E-state index contributed by atoms with van der Waals surface area (Å²) >= 11 is 0. The molecule has 0 aliphatic heterocycles. The van der Waals surface area contributed by atoms with Gasteiger partial charge in [0.25, 0.3) is 5.91 Å². The maximum Gasteiger partial charge on any atom is 0.268 e. The number of aromatic nitrogens is 3. The van der Waals surface area contributed by atoms with E-state index in [1.165, 1.54) is 19.1 Å². The third-order valence-corrected chi connectivity index (χ3v) is 5.38. The largest absolute Gasteiger partial charge is 0.354 e. The molecule has 2 heterocycles. The van der Waals surface area contributed by atoms with Gasteiger partial charge in [0.05, 0.1) is 11.4 Å². The fourth-order valence-corrected chi connectivity index (χ4v) is 3.87. The van der Waals surface area contributed by atoms with Crippen molar-refractivity contribution in [3.63, 3.8) is 0 Å². The van der Waals surface area contributed by atoms with Crippen molar-refractivity contribution in [3.8, 4) is 16.9 Å². The van der Waals surface area contributed by atoms with Gasteiger partial charge in [-0.05, 0) is 62.7 Å². The highest BCUT2D eigenvalue weighted by molar-refractivity contribution is 6.02. The molecule has 2 aromatic carbocycles. The summed E-state index contributed by atoms with van der Waals surface area (Å²) in [6, 6.07) is 15.7. The molecule has 0 fully saturated rings. The molecule has 0 saturated heterocycles. The van der Waals surface area contributed by atoms with Gasteiger partial charge in [-0.15, -0.1) is 0 Å². The number of Topliss-reactive ketones (excluding diaryl/α,β-unsaturated/α-hetero) is 1. The van der Waals surface area contributed by atoms with Gasteiger partial charge >= 0.3 is 0 Å². The maximum absolute atomic E-state index is 13.4. The summed E-state index contributed by atoms with van der Waals surface area (Å²) in [5.41, 5.74) is 5.26. The number of hydrogen-bond acceptors (Lipinski definition) is 3. The number of benzene rings is 2. The normalized spacial score (nSPS) is 10.9. The zero-order valence-corrected chi connectivity index (χ0v) is 18.1. The summed E-state index contributed by atoms with van der Waals surface area (Å²) in [4.78, 5) is 27.8. The number of aromatic amines is 1. The van der Waals surface area contributed by atoms with Crippen LogP contribution in [0.1, 0.15) is 44.6 Å². The number of amides is 1. The highest BCUT2D eigenvalue weighted by Crippen LogP contribution is 2.25. The first-order valence-electron chi connectivity index (χ1n) is 10.2. The van der Waals surface area contributed by atoms with E-state index in [0.717, 1.165) is 16.8 Å². The Morgan fingerprint density at radius 2 is 1.75 bits per heavy atom. The van der Waals surface area contributed by atoms with Crippen molar-refractivity contribution in [2.45, 2.75) is 27.3 Å². The van der Waals surface area contributed by atoms with Crippen LogP contribution in [-0.2, 0) is 6.54 Å². The molecule has 32 heavy (non-hydrogen) atoms. The molecule has 2 N–H and O–H groups in total. The van der Waals surface area contributed by atoms with Crippen LogP contribution in [0.4, 0.5) is 4.39 Å². The van der Waals surface area contributed by atoms with E-state index >= 15 is 0 Å². The van der Waals surface area contributed by atoms with Gasteiger partial charge in [-0.1, -0.05) is 18.2 Å². The summed E-state index contributed by atoms with van der Waals surface area (Å²) in [5.74, 6) is -0.724. The summed E-state index contributed by atoms with van der Waals surface area (Å²) in [5, 5.41) is 7.59. The minimum atomic E-state index is -0.329. The van der Waals surface area contributed by atoms with E-state index in [4.69, 9.17) is 0 Å². The predicted molar refractivity (Wildman–Crippen MR) is 120 cm³/mol. The highest BCUT2D eigenvalue weighted by Gasteiger charge is 2.20. The van der Waals surface area contributed by atoms with Gasteiger partial charge in [-0.3, -0.25) is 9.59 Å². The lowest BCUT2D eigenvalue weighted by Crippen LogP contribution is -2.24. The van der Waals surface area contributed by atoms with Crippen molar-refractivity contribution in [1.29, 1.82) is 0 Å². The summed E-state index contributed by atoms with van der Waals surface area (Å²) in [6.45, 7) is 5.23. The summed E-state index contributed by atoms with van der Waals surface area (Å²) in [7, 11) is 0. The molecule has 6 nitrogen and oxygen atoms in total. The van der Waals surface area contributed by atoms with E-state index in [1.54, 1.807) is 30.7 Å². The van der Waals surface area contributed by atoms with Crippen molar-refractivity contribution in [2.75, 3.05) is 0 Å². The predicted octanol–water partition coefficient (Wildman–Crippen LogP) is 4.76. The lowest BCUT2D eigenvalue weighted by atomic mass is 10.1. The number of para-hydroxylation sites is 1. The first-order valence-corrected chi connectivity index (χ1v) is 10.2. The van der Waals surface area contributed by atoms with Gasteiger partial charge < -0.3 is 10.3 Å². The Morgan fingerprint density at radius 1 is 1.06 bits per heavy atom. The maximum atomic E-state index is 13.4. The smallest absolute Gasteiger partial charge is 0.268 e. The zero-order valence-electron chi connectivity index (χ0n) is 18.1. The molecule has 4 rings (SSSR count). The molecule has 0 unspecified atom stereocenters. The van der Waals surface area contributed by atoms with Gasteiger partial charge in [0.2, 0.25) is 0 Å². The molecule has 0 aliphatic carbocycles. The van der Waals surface area contributed by atoms with Gasteiger partial charge in [-0.2, -0.15) is 5.10 Å². The van der Waals surface area contributed by atoms with E-state index in [0.29, 0.717) is 28.2 Å². The average Bonchev–Trinajstić information content (AvgIpc) is 3.34. The van der Waals surface area contributed by atoms with Gasteiger partial charge in [0.1, 0.15) is 11.5 Å². The number of nitrogens with zero attached hydrogens (tertiary/aromatic N) is 2. The Kier molecular flexibility index (Phi) is 5.73. The van der Waals surface area contributed by atoms with E-state index < -0.39 is 0 Å². The van der Waals surface area contributed by atoms with Gasteiger partial charge in [-0.25, -0.2) is 9.07 Å². The van der Waals surface area contributed by atoms with E-state index in [2.05, 4.69) is 15.4 Å². The molecule has 0 bridgehead atoms. The van der Waals surface area contributed by atoms with Crippen molar-refractivity contribution >= 4 is 11.7 Å². The number of ketones is 1. The lowest BCUT2D eigenvalue weighted by molar-refractivity contribution is 0.0945. The fourth-order valence-electron chi connectivity index (χ4n) is 3.87. The monoisotopic (exact) mass is 430 g/mol. The number of H-pyrrole nitrogens is 1. The first-order chi connectivity index (χ1) is 15.3. The quantitative estimate of drug-likeness (QED) is 0.433. The van der Waals surface area contributed by atoms with Crippen LogP contribution < -0.4 is 5.32 Å². The second-order valence-corrected chi connectivity index (χ2v) is 7.65. The standard InChI is InChI=1S/C25H23FN4O2/c1-15-22(17(3)31)16(2)28-23(15)25(32)27-13-19-14-30(21-7-5-4-6-8-21)29-24(19)18-9-11-20(26)12-10-18/h4-12,14,28H,13H2,1-3H3,(H,27,32). The lowest BCUT2D eigenvalue weighted by Gasteiger charge is -2.06. The molecule has 0 saturated carbocycles. The molecule has 2 aromatic heterocycles. The highest BCUT2D eigenvalue weighted by atomic mass is 19.1. The first kappa shape index (κ1) is 21.2. The molecule has 7 heteroatoms. The van der Waals surface area contributed by atoms with E-state index in [-0.39, 0.29) is 24.1 Å². The van der Waals surface area contributed by atoms with Crippen molar-refractivity contribution in [1.82, 2.24) is 20.1 Å². The summed E-state index contributed by atoms with van der Waals surface area (Å²) < 4.78 is 15.2. The number of halogens is 1. The molecule has 4 aromatic rings. The van der Waals surface area contributed by atoms with Crippen LogP contribution in [0.15, 0.2) is 60.8 Å². The number of rotatable bonds is 6. The molecular formula is C25H23FN4O2. The Bertz CT molecular complexity index is 1290. The van der Waals surface area contributed by atoms with Gasteiger partial charge in [0.15, 0.2) is 5.78 Å². The molecule has 0 aliphatic rings. The minimum Gasteiger partial charge on any atom is -0.354 e. The van der Waals surface area contributed by atoms with Gasteiger partial charge in [0, 0.05) is 35.1 Å². The average molecular weight is 430 g/mol. The molecule has 1 amide bonds. The second-order valence-electron chi connectivity index (χ2n) is 7.65. The van der Waals surface area contributed by atoms with Crippen LogP contribution in [0.25, 0.3) is 16.9 Å². The van der Waals surface area contributed by atoms with Crippen LogP contribution in [0.2, 0.25) is 0 Å². The number of carbonyl (C=O) groups is 2. The van der Waals surface area contributed by atoms with Crippen molar-refractivity contribution in [3.05, 3.63) is 94.7 Å². The molecule has 0 spiro atoms. The van der Waals surface area contributed by atoms with Crippen LogP contribution in [-0.4, -0.2) is 26.5 Å². The zero-order chi connectivity index (χ0) is 22.8. The Hall–Kier alpha value is -4.00. The van der Waals surface area contributed by atoms with Crippen LogP contribution in [0.3, 0.4) is 0 Å². The number of carbonyl (C=O) groups excluding carboxylic acids is 2. The number of hydrogen-bond donors (Lipinski definition) is 2. The Labute approximate surface area is 185 Å². The van der Waals surface area contributed by atoms with E-state index in [9.17, 15) is 14.0 Å². The Balaban J connectivity index is 1.65. The summed E-state index contributed by atoms with van der Waals surface area (Å²) in [6.07, 6.45) is 1.85. The third-order valence-electron chi connectivity index (χ3n) is 5.38. The topological polar surface area (TPSA) is 79.8 Å². The molecule has 162 valence electrons. The number of nitrogens with one attached hydrogen (secondary N) is 2. The molecule has 0 atom stereocenters. The fraction of sp³-hybridized carbons (Fsp3) is 0.160. The number of aryl methyl sites for hydroxylation is 1. The van der Waals surface area contributed by atoms with Crippen LogP contribution in [0.5, 0.6) is 0 Å². The minimum absolute atomic E-state index is 0.0852. The molecular weight excluding hydrogens is 407 g/mol. The SMILES string of the molecule is CC(=O)c1c(C)[nH]c(C(=O)NCc2cn(-c3ccccc3)nc2-c2ccc(F)cc2)c1C. The molecule has 0 radical (unpaired) electrons. The van der Waals surface area contributed by atoms with Crippen molar-refractivity contribution < 1.29 is 14.0 Å². The van der Waals surface area contributed by atoms with Crippen molar-refractivity contribution in [2.24, 2.45) is 0 Å². The van der Waals surface area contributed by atoms with E-state index in [1.807, 2.05) is 36.5 Å². The van der Waals surface area contributed by atoms with Crippen LogP contribution >= 0.6 is 0 Å². The Morgan fingerprint density at radius 3 is 2.38 bits per heavy atom.